The zero-order valence-corrected chi connectivity index (χ0v) is 9.33. The molecule has 0 fully saturated rings. The number of hydrogen-bond donors (Lipinski definition) is 1. The number of likely N-dealkylation sites (N-methyl/N-ethyl adjacent to an activating group) is 1. The molecule has 0 heterocycles. The van der Waals surface area contributed by atoms with Gasteiger partial charge < -0.3 is 10.5 Å². The molecule has 82 valence electrons. The molecule has 0 aliphatic carbocycles. The number of nitrogens with two attached hydrogens (primary N) is 1. The number of methoxy groups -OCH3 is 1. The van der Waals surface area contributed by atoms with Gasteiger partial charge in [0.25, 0.3) is 0 Å². The summed E-state index contributed by atoms with van der Waals surface area (Å²) in [6.45, 7) is 5.41. The van der Waals surface area contributed by atoms with Crippen LogP contribution in [-0.4, -0.2) is 44.3 Å². The van der Waals surface area contributed by atoms with E-state index in [9.17, 15) is 0 Å². The highest BCUT2D eigenvalue weighted by Gasteiger charge is 2.07. The minimum Gasteiger partial charge on any atom is -0.385 e. The van der Waals surface area contributed by atoms with Crippen LogP contribution < -0.4 is 5.73 Å². The van der Waals surface area contributed by atoms with Gasteiger partial charge in [-0.2, -0.15) is 0 Å². The monoisotopic (exact) mass is 198 g/mol. The molecular weight excluding hydrogens is 176 g/mol. The van der Waals surface area contributed by atoms with Gasteiger partial charge in [0, 0.05) is 26.3 Å². The van der Waals surface area contributed by atoms with Crippen molar-refractivity contribution in [3.63, 3.8) is 0 Å². The van der Waals surface area contributed by atoms with E-state index in [2.05, 4.69) is 17.7 Å². The molecule has 0 saturated heterocycles. The van der Waals surface area contributed by atoms with Crippen LogP contribution in [0.5, 0.6) is 0 Å². The second-order valence-electron chi connectivity index (χ2n) is 3.43. The van der Waals surface area contributed by atoms with Crippen LogP contribution in [-0.2, 0) is 4.74 Å². The van der Waals surface area contributed by atoms with Gasteiger partial charge in [0.2, 0.25) is 0 Å². The van der Waals surface area contributed by atoms with Gasteiger partial charge in [0.1, 0.15) is 0 Å². The second-order valence-corrected chi connectivity index (χ2v) is 3.43. The lowest BCUT2D eigenvalue weighted by atomic mass is 10.1. The highest BCUT2D eigenvalue weighted by molar-refractivity contribution is 4.88. The molecular formula is C11H22N2O. The molecule has 0 aromatic rings. The lowest BCUT2D eigenvalue weighted by molar-refractivity contribution is 0.187. The third-order valence-electron chi connectivity index (χ3n) is 2.18. The van der Waals surface area contributed by atoms with Gasteiger partial charge in [-0.25, -0.2) is 0 Å². The Kier molecular flexibility index (Phi) is 8.65. The van der Waals surface area contributed by atoms with Gasteiger partial charge in [0.15, 0.2) is 0 Å². The van der Waals surface area contributed by atoms with Crippen molar-refractivity contribution in [1.82, 2.24) is 4.90 Å². The summed E-state index contributed by atoms with van der Waals surface area (Å²) in [6, 6.07) is 0.207. The van der Waals surface area contributed by atoms with Crippen molar-refractivity contribution in [3.05, 3.63) is 0 Å². The Morgan fingerprint density at radius 2 is 2.29 bits per heavy atom. The Balaban J connectivity index is 3.57. The minimum absolute atomic E-state index is 0.207. The largest absolute Gasteiger partial charge is 0.385 e. The van der Waals surface area contributed by atoms with Gasteiger partial charge in [-0.3, -0.25) is 4.90 Å². The topological polar surface area (TPSA) is 38.5 Å². The molecule has 0 amide bonds. The molecule has 0 radical (unpaired) electrons. The van der Waals surface area contributed by atoms with E-state index >= 15 is 0 Å². The second kappa shape index (κ2) is 9.01. The van der Waals surface area contributed by atoms with Gasteiger partial charge in [0.05, 0.1) is 6.54 Å². The summed E-state index contributed by atoms with van der Waals surface area (Å²) < 4.78 is 4.97. The van der Waals surface area contributed by atoms with E-state index in [-0.39, 0.29) is 6.04 Å². The maximum absolute atomic E-state index is 5.96. The van der Waals surface area contributed by atoms with Crippen molar-refractivity contribution in [1.29, 1.82) is 0 Å². The fourth-order valence-corrected chi connectivity index (χ4v) is 1.35. The molecule has 2 N–H and O–H groups in total. The molecule has 0 aromatic heterocycles. The van der Waals surface area contributed by atoms with Crippen LogP contribution in [0.15, 0.2) is 0 Å². The van der Waals surface area contributed by atoms with Gasteiger partial charge in [-0.1, -0.05) is 12.8 Å². The summed E-state index contributed by atoms with van der Waals surface area (Å²) in [5.41, 5.74) is 5.96. The molecule has 0 aliphatic heterocycles. The van der Waals surface area contributed by atoms with Crippen LogP contribution in [0.2, 0.25) is 0 Å². The predicted molar refractivity (Wildman–Crippen MR) is 60.0 cm³/mol. The first-order valence-electron chi connectivity index (χ1n) is 5.14. The number of terminal acetylenes is 1. The maximum atomic E-state index is 5.96. The summed E-state index contributed by atoms with van der Waals surface area (Å²) in [5.74, 6) is 2.64. The van der Waals surface area contributed by atoms with Gasteiger partial charge in [-0.05, 0) is 19.4 Å². The highest BCUT2D eigenvalue weighted by atomic mass is 16.5. The third kappa shape index (κ3) is 6.90. The van der Waals surface area contributed by atoms with Crippen LogP contribution in [0.25, 0.3) is 0 Å². The van der Waals surface area contributed by atoms with E-state index in [1.54, 1.807) is 7.11 Å². The van der Waals surface area contributed by atoms with E-state index in [0.29, 0.717) is 6.54 Å². The Bertz CT molecular complexity index is 165. The van der Waals surface area contributed by atoms with E-state index in [0.717, 1.165) is 32.5 Å². The average molecular weight is 198 g/mol. The lowest BCUT2D eigenvalue weighted by Crippen LogP contribution is -2.37. The van der Waals surface area contributed by atoms with Crippen LogP contribution in [0.1, 0.15) is 19.8 Å². The number of ether oxygens (including phenoxy) is 1. The average Bonchev–Trinajstić information content (AvgIpc) is 2.17. The first kappa shape index (κ1) is 13.4. The molecule has 0 rings (SSSR count). The Hall–Kier alpha value is -0.560. The van der Waals surface area contributed by atoms with Gasteiger partial charge in [-0.15, -0.1) is 6.42 Å². The van der Waals surface area contributed by atoms with Crippen molar-refractivity contribution in [2.75, 3.05) is 33.4 Å². The SMILES string of the molecule is C#CCN(CC)CC(N)CCCOC. The summed E-state index contributed by atoms with van der Waals surface area (Å²) in [5, 5.41) is 0. The molecule has 0 aliphatic rings. The molecule has 0 spiro atoms. The summed E-state index contributed by atoms with van der Waals surface area (Å²) in [4.78, 5) is 2.18. The Morgan fingerprint density at radius 3 is 2.79 bits per heavy atom. The highest BCUT2D eigenvalue weighted by Crippen LogP contribution is 1.98. The molecule has 0 saturated carbocycles. The van der Waals surface area contributed by atoms with Gasteiger partial charge >= 0.3 is 0 Å². The number of hydrogen-bond acceptors (Lipinski definition) is 3. The number of rotatable bonds is 8. The van der Waals surface area contributed by atoms with Crippen LogP contribution in [0, 0.1) is 12.3 Å². The summed E-state index contributed by atoms with van der Waals surface area (Å²) >= 11 is 0. The molecule has 1 atom stereocenters. The zero-order valence-electron chi connectivity index (χ0n) is 9.33. The maximum Gasteiger partial charge on any atom is 0.0599 e. The molecule has 0 bridgehead atoms. The molecule has 3 heteroatoms. The third-order valence-corrected chi connectivity index (χ3v) is 2.18. The summed E-state index contributed by atoms with van der Waals surface area (Å²) in [7, 11) is 1.71. The first-order chi connectivity index (χ1) is 6.74. The van der Waals surface area contributed by atoms with Crippen LogP contribution in [0.4, 0.5) is 0 Å². The molecule has 0 aromatic carbocycles. The molecule has 3 nitrogen and oxygen atoms in total. The van der Waals surface area contributed by atoms with E-state index in [1.807, 2.05) is 0 Å². The van der Waals surface area contributed by atoms with Crippen molar-refractivity contribution >= 4 is 0 Å². The fourth-order valence-electron chi connectivity index (χ4n) is 1.35. The quantitative estimate of drug-likeness (QED) is 0.461. The van der Waals surface area contributed by atoms with Crippen molar-refractivity contribution in [2.24, 2.45) is 5.73 Å². The molecule has 14 heavy (non-hydrogen) atoms. The van der Waals surface area contributed by atoms with Crippen molar-refractivity contribution in [3.8, 4) is 12.3 Å². The van der Waals surface area contributed by atoms with Crippen LogP contribution >= 0.6 is 0 Å². The Labute approximate surface area is 87.6 Å². The van der Waals surface area contributed by atoms with E-state index in [4.69, 9.17) is 16.9 Å². The number of nitrogens with zero attached hydrogens (tertiary/aromatic N) is 1. The van der Waals surface area contributed by atoms with Crippen molar-refractivity contribution in [2.45, 2.75) is 25.8 Å². The standard InChI is InChI=1S/C11H22N2O/c1-4-8-13(5-2)10-11(12)7-6-9-14-3/h1,11H,5-10,12H2,2-3H3. The molecule has 1 unspecified atom stereocenters. The smallest absolute Gasteiger partial charge is 0.0599 e. The van der Waals surface area contributed by atoms with Crippen molar-refractivity contribution < 1.29 is 4.74 Å². The van der Waals surface area contributed by atoms with E-state index < -0.39 is 0 Å². The minimum atomic E-state index is 0.207. The zero-order chi connectivity index (χ0) is 10.8. The Morgan fingerprint density at radius 1 is 1.57 bits per heavy atom. The predicted octanol–water partition coefficient (Wildman–Crippen LogP) is 0.695. The van der Waals surface area contributed by atoms with Crippen LogP contribution in [0.3, 0.4) is 0 Å². The fraction of sp³-hybridized carbons (Fsp3) is 0.818. The normalized spacial score (nSPS) is 12.8. The first-order valence-corrected chi connectivity index (χ1v) is 5.14. The summed E-state index contributed by atoms with van der Waals surface area (Å²) in [6.07, 6.45) is 7.26. The van der Waals surface area contributed by atoms with E-state index in [1.165, 1.54) is 0 Å². The lowest BCUT2D eigenvalue weighted by Gasteiger charge is -2.21.